The second kappa shape index (κ2) is 15.5. The van der Waals surface area contributed by atoms with Crippen molar-refractivity contribution in [3.05, 3.63) is 35.9 Å². The number of esters is 1. The number of carbonyl (C=O) groups is 6. The van der Waals surface area contributed by atoms with Crippen molar-refractivity contribution in [2.24, 2.45) is 23.2 Å². The quantitative estimate of drug-likeness (QED) is 0.179. The highest BCUT2D eigenvalue weighted by molar-refractivity contribution is 6.38. The molecule has 2 saturated carbocycles. The molecule has 276 valence electrons. The van der Waals surface area contributed by atoms with Gasteiger partial charge in [-0.1, -0.05) is 76.8 Å². The van der Waals surface area contributed by atoms with E-state index in [2.05, 4.69) is 35.1 Å². The summed E-state index contributed by atoms with van der Waals surface area (Å²) in [6.07, 6.45) is 5.30. The topological polar surface area (TPSA) is 163 Å². The Hall–Kier alpha value is -3.96. The Kier molecular flexibility index (Phi) is 12.0. The molecule has 1 aliphatic heterocycles. The highest BCUT2D eigenvalue weighted by Crippen LogP contribution is 2.65. The summed E-state index contributed by atoms with van der Waals surface area (Å²) in [5.74, 6) is -3.48. The van der Waals surface area contributed by atoms with Crippen LogP contribution in [0.15, 0.2) is 30.3 Å². The molecule has 0 aromatic heterocycles. The van der Waals surface area contributed by atoms with Gasteiger partial charge >= 0.3 is 12.0 Å². The van der Waals surface area contributed by atoms with Crippen LogP contribution in [0.25, 0.3) is 0 Å². The van der Waals surface area contributed by atoms with Crippen molar-refractivity contribution in [2.45, 2.75) is 130 Å². The van der Waals surface area contributed by atoms with Gasteiger partial charge in [0.1, 0.15) is 24.2 Å². The number of rotatable bonds is 13. The predicted molar refractivity (Wildman–Crippen MR) is 188 cm³/mol. The van der Waals surface area contributed by atoms with Crippen molar-refractivity contribution >= 4 is 35.5 Å². The summed E-state index contributed by atoms with van der Waals surface area (Å²) in [5.41, 5.74) is -0.868. The molecular weight excluding hydrogens is 638 g/mol. The number of Topliss-reactive ketones (excluding diaryl/α,β-unsaturated/α-hetero) is 1. The van der Waals surface area contributed by atoms with Crippen LogP contribution in [-0.4, -0.2) is 77.2 Å². The molecule has 5 atom stereocenters. The molecule has 50 heavy (non-hydrogen) atoms. The molecule has 4 N–H and O–H groups in total. The molecule has 4 rings (SSSR count). The van der Waals surface area contributed by atoms with E-state index in [1.807, 2.05) is 58.0 Å². The number of ketones is 1. The summed E-state index contributed by atoms with van der Waals surface area (Å²) < 4.78 is 5.57. The summed E-state index contributed by atoms with van der Waals surface area (Å²) in [6, 6.07) is 5.94. The highest BCUT2D eigenvalue weighted by Gasteiger charge is 2.69. The van der Waals surface area contributed by atoms with Gasteiger partial charge in [-0.15, -0.1) is 0 Å². The molecule has 1 aromatic rings. The monoisotopic (exact) mass is 695 g/mol. The van der Waals surface area contributed by atoms with E-state index in [-0.39, 0.29) is 35.5 Å². The van der Waals surface area contributed by atoms with E-state index >= 15 is 0 Å². The zero-order chi connectivity index (χ0) is 37.0. The van der Waals surface area contributed by atoms with E-state index in [9.17, 15) is 28.8 Å². The standard InChI is InChI=1S/C38H57N5O7/c1-9-16-26(31(45)33(47)39-21-27(44)50-38(7,8)24-19-14-11-15-20-24)40-32(46)30-28-25(37(28,5)6)22-43(30)34(48)29(23-17-12-10-13-18-23)41-35(49)42-36(2,3)4/h11,14-15,19-20,23,25-26,28-30H,9-10,12-13,16-18,21-22H2,1-8H3,(H,39,47)(H,40,46)(H2,41,42,49)/t25-,26?,28-,29-,30-/m0/s1. The first kappa shape index (κ1) is 38.8. The van der Waals surface area contributed by atoms with Gasteiger partial charge in [-0.2, -0.15) is 0 Å². The Morgan fingerprint density at radius 3 is 2.18 bits per heavy atom. The van der Waals surface area contributed by atoms with Crippen LogP contribution in [0.4, 0.5) is 4.79 Å². The van der Waals surface area contributed by atoms with E-state index in [0.717, 1.165) is 37.7 Å². The lowest BCUT2D eigenvalue weighted by Gasteiger charge is -2.37. The maximum atomic E-state index is 14.4. The molecule has 1 aromatic carbocycles. The second-order valence-electron chi connectivity index (χ2n) is 16.4. The van der Waals surface area contributed by atoms with Crippen LogP contribution in [0.1, 0.15) is 106 Å². The number of benzene rings is 1. The predicted octanol–water partition coefficient (Wildman–Crippen LogP) is 3.96. The average Bonchev–Trinajstić information content (AvgIpc) is 3.36. The fourth-order valence-electron chi connectivity index (χ4n) is 7.79. The third-order valence-corrected chi connectivity index (χ3v) is 10.6. The van der Waals surface area contributed by atoms with Gasteiger partial charge in [-0.25, -0.2) is 4.79 Å². The van der Waals surface area contributed by atoms with Gasteiger partial charge in [0.05, 0.1) is 6.04 Å². The van der Waals surface area contributed by atoms with Gasteiger partial charge in [0.25, 0.3) is 5.91 Å². The number of nitrogens with zero attached hydrogens (tertiary/aromatic N) is 1. The van der Waals surface area contributed by atoms with Gasteiger partial charge in [0.2, 0.25) is 17.6 Å². The molecule has 1 heterocycles. The fourth-order valence-corrected chi connectivity index (χ4v) is 7.79. The molecule has 0 bridgehead atoms. The largest absolute Gasteiger partial charge is 0.453 e. The van der Waals surface area contributed by atoms with Crippen LogP contribution < -0.4 is 21.3 Å². The van der Waals surface area contributed by atoms with Crippen LogP contribution in [0.2, 0.25) is 0 Å². The maximum Gasteiger partial charge on any atom is 0.326 e. The number of hydrogen-bond donors (Lipinski definition) is 4. The van der Waals surface area contributed by atoms with Crippen LogP contribution in [0.3, 0.4) is 0 Å². The molecule has 3 fully saturated rings. The van der Waals surface area contributed by atoms with Gasteiger partial charge in [-0.05, 0) is 82.6 Å². The Morgan fingerprint density at radius 1 is 0.940 bits per heavy atom. The van der Waals surface area contributed by atoms with Crippen LogP contribution in [0, 0.1) is 23.2 Å². The highest BCUT2D eigenvalue weighted by atomic mass is 16.6. The summed E-state index contributed by atoms with van der Waals surface area (Å²) in [4.78, 5) is 82.1. The van der Waals surface area contributed by atoms with E-state index in [0.29, 0.717) is 13.0 Å². The number of likely N-dealkylation sites (tertiary alicyclic amines) is 1. The molecule has 0 spiro atoms. The van der Waals surface area contributed by atoms with Crippen molar-refractivity contribution in [3.63, 3.8) is 0 Å². The van der Waals surface area contributed by atoms with Gasteiger partial charge in [-0.3, -0.25) is 24.0 Å². The zero-order valence-corrected chi connectivity index (χ0v) is 31.0. The van der Waals surface area contributed by atoms with Crippen molar-refractivity contribution in [1.29, 1.82) is 0 Å². The molecule has 12 heteroatoms. The SMILES string of the molecule is CCCC(NC(=O)[C@@H]1[C@@H]2[C@H](CN1C(=O)[C@@H](NC(=O)NC(C)(C)C)C1CCCCC1)C2(C)C)C(=O)C(=O)NCC(=O)OC(C)(C)c1ccccc1. The number of fused-ring (bicyclic) bond motifs is 1. The van der Waals surface area contributed by atoms with Crippen molar-refractivity contribution in [1.82, 2.24) is 26.2 Å². The summed E-state index contributed by atoms with van der Waals surface area (Å²) in [5, 5.41) is 11.0. The maximum absolute atomic E-state index is 14.4. The van der Waals surface area contributed by atoms with E-state index in [4.69, 9.17) is 4.74 Å². The molecular formula is C38H57N5O7. The fraction of sp³-hybridized carbons (Fsp3) is 0.684. The van der Waals surface area contributed by atoms with Crippen molar-refractivity contribution in [3.8, 4) is 0 Å². The van der Waals surface area contributed by atoms with Crippen molar-refractivity contribution < 1.29 is 33.5 Å². The molecule has 5 amide bonds. The second-order valence-corrected chi connectivity index (χ2v) is 16.4. The number of nitrogens with one attached hydrogen (secondary N) is 4. The van der Waals surface area contributed by atoms with Gasteiger partial charge in [0.15, 0.2) is 0 Å². The number of amides is 5. The Bertz CT molecular complexity index is 1430. The first-order chi connectivity index (χ1) is 23.4. The molecule has 1 unspecified atom stereocenters. The van der Waals surface area contributed by atoms with E-state index in [1.54, 1.807) is 18.7 Å². The number of hydrogen-bond acceptors (Lipinski definition) is 7. The summed E-state index contributed by atoms with van der Waals surface area (Å²) in [6.45, 7) is 14.9. The molecule has 12 nitrogen and oxygen atoms in total. The Labute approximate surface area is 296 Å². The third-order valence-electron chi connectivity index (χ3n) is 10.6. The molecule has 2 aliphatic carbocycles. The summed E-state index contributed by atoms with van der Waals surface area (Å²) in [7, 11) is 0. The molecule has 0 radical (unpaired) electrons. The average molecular weight is 696 g/mol. The lowest BCUT2D eigenvalue weighted by atomic mass is 9.83. The normalized spacial score (nSPS) is 22.7. The summed E-state index contributed by atoms with van der Waals surface area (Å²) >= 11 is 0. The van der Waals surface area contributed by atoms with E-state index in [1.165, 1.54) is 0 Å². The number of piperidine rings is 1. The Morgan fingerprint density at radius 2 is 1.58 bits per heavy atom. The smallest absolute Gasteiger partial charge is 0.326 e. The lowest BCUT2D eigenvalue weighted by molar-refractivity contribution is -0.157. The van der Waals surface area contributed by atoms with Crippen LogP contribution in [-0.2, 0) is 34.3 Å². The van der Waals surface area contributed by atoms with Crippen LogP contribution in [0.5, 0.6) is 0 Å². The van der Waals surface area contributed by atoms with Crippen LogP contribution >= 0.6 is 0 Å². The zero-order valence-electron chi connectivity index (χ0n) is 31.0. The van der Waals surface area contributed by atoms with Gasteiger partial charge < -0.3 is 30.9 Å². The molecule has 1 saturated heterocycles. The minimum Gasteiger partial charge on any atom is -0.453 e. The van der Waals surface area contributed by atoms with E-state index < -0.39 is 65.4 Å². The number of ether oxygens (including phenoxy) is 1. The lowest BCUT2D eigenvalue weighted by Crippen LogP contribution is -2.61. The third kappa shape index (κ3) is 9.23. The number of urea groups is 1. The first-order valence-corrected chi connectivity index (χ1v) is 18.2. The molecule has 3 aliphatic rings. The van der Waals surface area contributed by atoms with Crippen molar-refractivity contribution in [2.75, 3.05) is 13.1 Å². The minimum atomic E-state index is -1.15. The Balaban J connectivity index is 1.45. The minimum absolute atomic E-state index is 0.0568. The van der Waals surface area contributed by atoms with Gasteiger partial charge in [0, 0.05) is 12.1 Å². The number of carbonyl (C=O) groups excluding carboxylic acids is 6. The first-order valence-electron chi connectivity index (χ1n) is 18.2.